The van der Waals surface area contributed by atoms with E-state index in [1.54, 1.807) is 6.61 Å². The van der Waals surface area contributed by atoms with Crippen molar-refractivity contribution in [3.63, 3.8) is 0 Å². The van der Waals surface area contributed by atoms with Gasteiger partial charge in [-0.1, -0.05) is 42.0 Å². The normalized spacial score (nSPS) is 16.6. The minimum Gasteiger partial charge on any atom is -0.567 e. The van der Waals surface area contributed by atoms with Crippen molar-refractivity contribution in [2.45, 2.75) is 13.0 Å². The smallest absolute Gasteiger partial charge is 0.119 e. The van der Waals surface area contributed by atoms with Gasteiger partial charge in [-0.15, -0.1) is 0 Å². The SMILES string of the molecule is Cc1ccc(-c2ccc(OCC3[CH-]O3)cc2)cc1.[W]. The van der Waals surface area contributed by atoms with Crippen LogP contribution in [0.2, 0.25) is 0 Å². The zero-order valence-electron chi connectivity index (χ0n) is 10.7. The van der Waals surface area contributed by atoms with Crippen molar-refractivity contribution in [1.82, 2.24) is 0 Å². The summed E-state index contributed by atoms with van der Waals surface area (Å²) in [6, 6.07) is 16.7. The molecular weight excluding hydrogens is 408 g/mol. The van der Waals surface area contributed by atoms with Crippen molar-refractivity contribution in [3.8, 4) is 16.9 Å². The second kappa shape index (κ2) is 6.36. The molecule has 3 heteroatoms. The average molecular weight is 423 g/mol. The Morgan fingerprint density at radius 3 is 2.05 bits per heavy atom. The van der Waals surface area contributed by atoms with E-state index in [9.17, 15) is 0 Å². The number of epoxide rings is 1. The van der Waals surface area contributed by atoms with E-state index in [0.29, 0.717) is 6.61 Å². The molecule has 1 fully saturated rings. The van der Waals surface area contributed by atoms with E-state index in [0.717, 1.165) is 5.75 Å². The van der Waals surface area contributed by atoms with Crippen molar-refractivity contribution in [2.75, 3.05) is 6.61 Å². The van der Waals surface area contributed by atoms with E-state index in [4.69, 9.17) is 9.47 Å². The van der Waals surface area contributed by atoms with Crippen molar-refractivity contribution in [1.29, 1.82) is 0 Å². The third-order valence-corrected chi connectivity index (χ3v) is 2.98. The Hall–Kier alpha value is -1.11. The Morgan fingerprint density at radius 1 is 1.00 bits per heavy atom. The number of ether oxygens (including phenoxy) is 2. The summed E-state index contributed by atoms with van der Waals surface area (Å²) in [4.78, 5) is 0. The van der Waals surface area contributed by atoms with Crippen LogP contribution < -0.4 is 4.74 Å². The topological polar surface area (TPSA) is 21.8 Å². The predicted octanol–water partition coefficient (Wildman–Crippen LogP) is 3.60. The zero-order valence-corrected chi connectivity index (χ0v) is 13.6. The molecule has 0 bridgehead atoms. The number of rotatable bonds is 4. The first-order valence-corrected chi connectivity index (χ1v) is 6.10. The van der Waals surface area contributed by atoms with E-state index in [2.05, 4.69) is 43.3 Å². The minimum absolute atomic E-state index is 0. The molecule has 3 rings (SSSR count). The van der Waals surface area contributed by atoms with Gasteiger partial charge in [-0.2, -0.15) is 6.61 Å². The summed E-state index contributed by atoms with van der Waals surface area (Å²) in [6.45, 7) is 4.47. The van der Waals surface area contributed by atoms with Crippen LogP contribution in [0.15, 0.2) is 48.5 Å². The predicted molar refractivity (Wildman–Crippen MR) is 71.3 cm³/mol. The van der Waals surface area contributed by atoms with E-state index in [1.807, 2.05) is 12.1 Å². The summed E-state index contributed by atoms with van der Waals surface area (Å²) in [7, 11) is 0. The van der Waals surface area contributed by atoms with Gasteiger partial charge in [0, 0.05) is 21.1 Å². The minimum atomic E-state index is 0. The van der Waals surface area contributed by atoms with Crippen LogP contribution in [-0.4, -0.2) is 12.7 Å². The Bertz CT molecular complexity index is 515. The maximum Gasteiger partial charge on any atom is 0.119 e. The van der Waals surface area contributed by atoms with E-state index >= 15 is 0 Å². The molecule has 0 spiro atoms. The Balaban J connectivity index is 0.00000133. The standard InChI is InChI=1S/C16H15O2.W/c1-12-2-4-13(5-3-12)14-6-8-15(9-7-14)17-10-16-11-18-16;/h2-9,11,16H,10H2,1H3;/q-1;. The second-order valence-corrected chi connectivity index (χ2v) is 4.51. The van der Waals surface area contributed by atoms with Crippen molar-refractivity contribution >= 4 is 0 Å². The van der Waals surface area contributed by atoms with Gasteiger partial charge in [0.1, 0.15) is 5.75 Å². The molecule has 1 unspecified atom stereocenters. The fourth-order valence-electron chi connectivity index (χ4n) is 1.80. The molecule has 0 saturated carbocycles. The second-order valence-electron chi connectivity index (χ2n) is 4.51. The monoisotopic (exact) mass is 423 g/mol. The van der Waals surface area contributed by atoms with Gasteiger partial charge in [0.05, 0.1) is 6.61 Å². The van der Waals surface area contributed by atoms with Gasteiger partial charge in [0.25, 0.3) is 0 Å². The van der Waals surface area contributed by atoms with Crippen LogP contribution in [0, 0.1) is 13.5 Å². The van der Waals surface area contributed by atoms with Crippen molar-refractivity contribution in [3.05, 3.63) is 60.7 Å². The van der Waals surface area contributed by atoms with Crippen LogP contribution >= 0.6 is 0 Å². The molecule has 1 saturated heterocycles. The molecule has 0 aliphatic carbocycles. The zero-order chi connectivity index (χ0) is 12.4. The first-order chi connectivity index (χ1) is 8.81. The summed E-state index contributed by atoms with van der Waals surface area (Å²) in [6.07, 6.45) is 0.182. The maximum absolute atomic E-state index is 5.58. The molecule has 1 atom stereocenters. The Morgan fingerprint density at radius 2 is 1.53 bits per heavy atom. The maximum atomic E-state index is 5.58. The molecule has 19 heavy (non-hydrogen) atoms. The van der Waals surface area contributed by atoms with Crippen LogP contribution in [-0.2, 0) is 25.8 Å². The molecule has 0 amide bonds. The van der Waals surface area contributed by atoms with E-state index in [1.165, 1.54) is 16.7 Å². The molecule has 2 nitrogen and oxygen atoms in total. The third kappa shape index (κ3) is 3.92. The molecule has 2 aromatic rings. The number of aryl methyl sites for hydroxylation is 1. The first kappa shape index (κ1) is 14.3. The van der Waals surface area contributed by atoms with Crippen LogP contribution in [0.5, 0.6) is 5.75 Å². The molecule has 1 heterocycles. The fraction of sp³-hybridized carbons (Fsp3) is 0.188. The van der Waals surface area contributed by atoms with Gasteiger partial charge >= 0.3 is 0 Å². The van der Waals surface area contributed by atoms with Crippen LogP contribution in [0.25, 0.3) is 11.1 Å². The van der Waals surface area contributed by atoms with Gasteiger partial charge in [0.2, 0.25) is 0 Å². The number of benzene rings is 2. The third-order valence-electron chi connectivity index (χ3n) is 2.98. The summed E-state index contributed by atoms with van der Waals surface area (Å²) < 4.78 is 10.6. The van der Waals surface area contributed by atoms with Gasteiger partial charge in [-0.05, 0) is 36.3 Å². The van der Waals surface area contributed by atoms with Crippen LogP contribution in [0.4, 0.5) is 0 Å². The van der Waals surface area contributed by atoms with Gasteiger partial charge in [-0.25, -0.2) is 0 Å². The Kier molecular flexibility index (Phi) is 4.79. The summed E-state index contributed by atoms with van der Waals surface area (Å²) in [5.74, 6) is 0.884. The molecule has 2 aromatic carbocycles. The molecule has 1 aliphatic rings. The van der Waals surface area contributed by atoms with E-state index < -0.39 is 0 Å². The fourth-order valence-corrected chi connectivity index (χ4v) is 1.80. The van der Waals surface area contributed by atoms with Gasteiger partial charge in [0.15, 0.2) is 0 Å². The molecule has 0 radical (unpaired) electrons. The number of hydrogen-bond donors (Lipinski definition) is 0. The van der Waals surface area contributed by atoms with Gasteiger partial charge < -0.3 is 9.47 Å². The summed E-state index contributed by atoms with van der Waals surface area (Å²) in [5, 5.41) is 0. The molecule has 0 N–H and O–H groups in total. The molecular formula is C16H15O2W-. The molecule has 0 aromatic heterocycles. The molecule has 98 valence electrons. The number of hydrogen-bond acceptors (Lipinski definition) is 2. The van der Waals surface area contributed by atoms with Crippen molar-refractivity contribution in [2.24, 2.45) is 0 Å². The van der Waals surface area contributed by atoms with Crippen molar-refractivity contribution < 1.29 is 30.5 Å². The van der Waals surface area contributed by atoms with E-state index in [-0.39, 0.29) is 27.2 Å². The largest absolute Gasteiger partial charge is 0.567 e. The quantitative estimate of drug-likeness (QED) is 0.554. The Labute approximate surface area is 128 Å². The first-order valence-electron chi connectivity index (χ1n) is 6.10. The van der Waals surface area contributed by atoms with Crippen LogP contribution in [0.1, 0.15) is 5.56 Å². The summed E-state index contributed by atoms with van der Waals surface area (Å²) in [5.41, 5.74) is 3.71. The average Bonchev–Trinajstić information content (AvgIpc) is 3.22. The summed E-state index contributed by atoms with van der Waals surface area (Å²) >= 11 is 0. The molecule has 1 aliphatic heterocycles. The van der Waals surface area contributed by atoms with Gasteiger partial charge in [-0.3, -0.25) is 0 Å². The van der Waals surface area contributed by atoms with Crippen LogP contribution in [0.3, 0.4) is 0 Å².